The molecule has 0 aliphatic carbocycles. The summed E-state index contributed by atoms with van der Waals surface area (Å²) < 4.78 is 86.0. The van der Waals surface area contributed by atoms with Gasteiger partial charge >= 0.3 is 24.9 Å². The highest BCUT2D eigenvalue weighted by Crippen LogP contribution is 2.50. The normalized spacial score (nSPS) is 20.3. The van der Waals surface area contributed by atoms with Crippen molar-refractivity contribution in [1.29, 1.82) is 0 Å². The molecule has 1 N–H and O–H groups in total. The fraction of sp³-hybridized carbons (Fsp3) is 0.500. The van der Waals surface area contributed by atoms with Crippen LogP contribution in [0.3, 0.4) is 0 Å². The molecule has 0 bridgehead atoms. The molecule has 0 saturated carbocycles. The van der Waals surface area contributed by atoms with Crippen molar-refractivity contribution in [2.45, 2.75) is 64.0 Å². The third kappa shape index (κ3) is 6.23. The summed E-state index contributed by atoms with van der Waals surface area (Å²) in [6.45, 7) is 2.39. The second kappa shape index (κ2) is 11.1. The van der Waals surface area contributed by atoms with Crippen LogP contribution in [-0.2, 0) is 10.2 Å². The molecule has 3 amide bonds. The first-order valence-corrected chi connectivity index (χ1v) is 13.6. The minimum Gasteiger partial charge on any atom is -0.472 e. The van der Waals surface area contributed by atoms with Crippen LogP contribution in [0.2, 0.25) is 5.15 Å². The van der Waals surface area contributed by atoms with Crippen LogP contribution in [0.4, 0.5) is 43.0 Å². The number of rotatable bonds is 5. The van der Waals surface area contributed by atoms with Crippen LogP contribution in [0.25, 0.3) is 5.65 Å². The van der Waals surface area contributed by atoms with Crippen molar-refractivity contribution < 1.29 is 45.8 Å². The molecule has 2 aliphatic rings. The number of likely N-dealkylation sites (tertiary alicyclic amines) is 1. The van der Waals surface area contributed by atoms with Crippen LogP contribution in [0, 0.1) is 0 Å². The van der Waals surface area contributed by atoms with E-state index in [2.05, 4.69) is 25.1 Å². The van der Waals surface area contributed by atoms with E-state index in [0.29, 0.717) is 13.0 Å². The van der Waals surface area contributed by atoms with Crippen molar-refractivity contribution in [1.82, 2.24) is 24.5 Å². The van der Waals surface area contributed by atoms with Gasteiger partial charge in [-0.15, -0.1) is 0 Å². The lowest BCUT2D eigenvalue weighted by molar-refractivity contribution is -0.181. The number of pyridine rings is 1. The minimum absolute atomic E-state index is 0.0453. The lowest BCUT2D eigenvalue weighted by Gasteiger charge is -2.28. The van der Waals surface area contributed by atoms with Crippen molar-refractivity contribution in [3.8, 4) is 11.6 Å². The van der Waals surface area contributed by atoms with Crippen LogP contribution < -0.4 is 19.7 Å². The molecule has 12 nitrogen and oxygen atoms in total. The number of ether oxygens (including phenoxy) is 3. The Morgan fingerprint density at radius 3 is 2.57 bits per heavy atom. The summed E-state index contributed by atoms with van der Waals surface area (Å²) in [5, 5.41) is 6.16. The number of hydrogen-bond acceptors (Lipinski definition) is 8. The lowest BCUT2D eigenvalue weighted by atomic mass is 9.88. The number of nitrogens with one attached hydrogen (secondary N) is 1. The topological polar surface area (TPSA) is 123 Å². The van der Waals surface area contributed by atoms with Gasteiger partial charge in [-0.05, 0) is 27.7 Å². The summed E-state index contributed by atoms with van der Waals surface area (Å²) in [5.74, 6) is -1.01. The van der Waals surface area contributed by atoms with E-state index in [4.69, 9.17) is 21.1 Å². The van der Waals surface area contributed by atoms with Gasteiger partial charge < -0.3 is 19.1 Å². The van der Waals surface area contributed by atoms with Crippen molar-refractivity contribution in [2.24, 2.45) is 0 Å². The smallest absolute Gasteiger partial charge is 0.410 e. The number of carbonyl (C=O) groups excluding carboxylic acids is 2. The number of anilines is 2. The SMILES string of the molecule is CC(C)(C)OC(=O)N1CC[C@H](Oc2cc(OC(F)F)cc(NC(=O)N3C[C@@](C)(C(F)(F)F)c4c3cnc3cc(Cl)nn43)n2)C1. The second-order valence-corrected chi connectivity index (χ2v) is 11.8. The summed E-state index contributed by atoms with van der Waals surface area (Å²) in [6.07, 6.45) is -4.52. The zero-order chi connectivity index (χ0) is 32.2. The van der Waals surface area contributed by atoms with Gasteiger partial charge in [-0.25, -0.2) is 19.1 Å². The highest BCUT2D eigenvalue weighted by molar-refractivity contribution is 6.29. The molecule has 1 fully saturated rings. The molecule has 18 heteroatoms. The van der Waals surface area contributed by atoms with Crippen molar-refractivity contribution in [2.75, 3.05) is 29.9 Å². The van der Waals surface area contributed by atoms with Gasteiger partial charge in [0.25, 0.3) is 0 Å². The second-order valence-electron chi connectivity index (χ2n) is 11.4. The molecule has 0 aromatic carbocycles. The molecule has 238 valence electrons. The van der Waals surface area contributed by atoms with Gasteiger partial charge in [0.15, 0.2) is 10.8 Å². The molecule has 3 aromatic heterocycles. The van der Waals surface area contributed by atoms with Crippen LogP contribution in [0.15, 0.2) is 24.4 Å². The Kier molecular flexibility index (Phi) is 7.88. The minimum atomic E-state index is -4.82. The molecule has 1 saturated heterocycles. The predicted octanol–water partition coefficient (Wildman–Crippen LogP) is 5.64. The van der Waals surface area contributed by atoms with Gasteiger partial charge in [0.2, 0.25) is 5.88 Å². The van der Waals surface area contributed by atoms with Crippen LogP contribution in [0.5, 0.6) is 11.6 Å². The molecule has 0 spiro atoms. The zero-order valence-corrected chi connectivity index (χ0v) is 24.5. The summed E-state index contributed by atoms with van der Waals surface area (Å²) in [4.78, 5) is 36.2. The molecular formula is C26H27ClF5N7O5. The molecule has 0 unspecified atom stereocenters. The molecule has 3 aromatic rings. The molecule has 2 aliphatic heterocycles. The molecule has 5 heterocycles. The number of nitrogens with zero attached hydrogens (tertiary/aromatic N) is 6. The third-order valence-corrected chi connectivity index (χ3v) is 7.10. The number of carbonyl (C=O) groups is 2. The molecule has 5 rings (SSSR count). The first-order chi connectivity index (χ1) is 20.4. The number of halogens is 6. The summed E-state index contributed by atoms with van der Waals surface area (Å²) in [5.41, 5.74) is -3.80. The number of aromatic nitrogens is 4. The Hall–Kier alpha value is -4.15. The Balaban J connectivity index is 1.39. The maximum atomic E-state index is 14.4. The van der Waals surface area contributed by atoms with E-state index in [9.17, 15) is 31.5 Å². The number of hydrogen-bond donors (Lipinski definition) is 1. The number of alkyl halides is 5. The van der Waals surface area contributed by atoms with Crippen LogP contribution in [-0.4, -0.2) is 80.7 Å². The van der Waals surface area contributed by atoms with E-state index in [-0.39, 0.29) is 40.4 Å². The van der Waals surface area contributed by atoms with Gasteiger partial charge in [0, 0.05) is 37.7 Å². The third-order valence-electron chi connectivity index (χ3n) is 6.91. The monoisotopic (exact) mass is 647 g/mol. The number of fused-ring (bicyclic) bond motifs is 3. The lowest BCUT2D eigenvalue weighted by Crippen LogP contribution is -2.46. The quantitative estimate of drug-likeness (QED) is 0.353. The van der Waals surface area contributed by atoms with Crippen LogP contribution >= 0.6 is 11.6 Å². The van der Waals surface area contributed by atoms with Crippen molar-refractivity contribution in [3.05, 3.63) is 35.2 Å². The van der Waals surface area contributed by atoms with Gasteiger partial charge in [-0.1, -0.05) is 11.6 Å². The van der Waals surface area contributed by atoms with Gasteiger partial charge in [0.05, 0.1) is 24.1 Å². The largest absolute Gasteiger partial charge is 0.472 e. The fourth-order valence-corrected chi connectivity index (χ4v) is 5.11. The van der Waals surface area contributed by atoms with E-state index in [1.807, 2.05) is 0 Å². The van der Waals surface area contributed by atoms with Gasteiger partial charge in [-0.3, -0.25) is 10.2 Å². The first kappa shape index (κ1) is 31.3. The van der Waals surface area contributed by atoms with E-state index in [1.165, 1.54) is 11.0 Å². The fourth-order valence-electron chi connectivity index (χ4n) is 4.93. The Labute approximate surface area is 252 Å². The number of amides is 3. The summed E-state index contributed by atoms with van der Waals surface area (Å²) >= 11 is 5.92. The molecular weight excluding hydrogens is 621 g/mol. The number of urea groups is 1. The predicted molar refractivity (Wildman–Crippen MR) is 145 cm³/mol. The average Bonchev–Trinajstić information content (AvgIpc) is 3.57. The van der Waals surface area contributed by atoms with Gasteiger partial charge in [-0.2, -0.15) is 32.0 Å². The molecule has 2 atom stereocenters. The van der Waals surface area contributed by atoms with E-state index in [0.717, 1.165) is 34.7 Å². The highest BCUT2D eigenvalue weighted by Gasteiger charge is 2.60. The van der Waals surface area contributed by atoms with E-state index in [1.54, 1.807) is 20.8 Å². The molecule has 0 radical (unpaired) electrons. The summed E-state index contributed by atoms with van der Waals surface area (Å²) in [7, 11) is 0. The van der Waals surface area contributed by atoms with E-state index < -0.39 is 54.3 Å². The Morgan fingerprint density at radius 2 is 1.91 bits per heavy atom. The van der Waals surface area contributed by atoms with Gasteiger partial charge in [0.1, 0.15) is 28.7 Å². The van der Waals surface area contributed by atoms with Crippen molar-refractivity contribution >= 4 is 40.9 Å². The highest BCUT2D eigenvalue weighted by atomic mass is 35.5. The van der Waals surface area contributed by atoms with Crippen LogP contribution in [0.1, 0.15) is 39.8 Å². The van der Waals surface area contributed by atoms with E-state index >= 15 is 0 Å². The maximum Gasteiger partial charge on any atom is 0.410 e. The summed E-state index contributed by atoms with van der Waals surface area (Å²) in [6, 6.07) is 2.24. The zero-order valence-electron chi connectivity index (χ0n) is 23.8. The standard InChI is InChI=1S/C26H27ClF5N7O5/c1-24(2,3)44-23(41)37-6-5-13(11-37)42-19-8-14(43-21(28)29)7-17(34-19)35-22(40)38-12-25(4,26(30,31)32)20-15(38)10-33-18-9-16(27)36-39(18)20/h7-10,13,21H,5-6,11-12H2,1-4H3,(H,34,35,40)/t13-,25+/m0/s1. The average molecular weight is 648 g/mol. The molecule has 44 heavy (non-hydrogen) atoms. The maximum absolute atomic E-state index is 14.4. The first-order valence-electron chi connectivity index (χ1n) is 13.2. The Bertz CT molecular complexity index is 1600. The van der Waals surface area contributed by atoms with Crippen molar-refractivity contribution in [3.63, 3.8) is 0 Å². The Morgan fingerprint density at radius 1 is 1.18 bits per heavy atom.